The van der Waals surface area contributed by atoms with Crippen LogP contribution in [0.4, 0.5) is 18.9 Å². The normalized spacial score (nSPS) is 13.0. The van der Waals surface area contributed by atoms with Crippen molar-refractivity contribution in [3.8, 4) is 0 Å². The van der Waals surface area contributed by atoms with Crippen LogP contribution in [0, 0.1) is 6.92 Å². The van der Waals surface area contributed by atoms with Gasteiger partial charge in [0.15, 0.2) is 0 Å². The minimum Gasteiger partial charge on any atom is -0.352 e. The monoisotopic (exact) mass is 743 g/mol. The predicted octanol–water partition coefficient (Wildman–Crippen LogP) is 7.53. The van der Waals surface area contributed by atoms with Gasteiger partial charge in [0.25, 0.3) is 10.0 Å². The Balaban J connectivity index is 1.85. The molecule has 0 heterocycles. The molecule has 0 aliphatic heterocycles. The Bertz CT molecular complexity index is 1820. The maximum absolute atomic E-state index is 14.5. The number of sulfonamides is 1. The van der Waals surface area contributed by atoms with Crippen molar-refractivity contribution in [2.75, 3.05) is 10.8 Å². The Morgan fingerprint density at radius 2 is 1.52 bits per heavy atom. The number of anilines is 1. The van der Waals surface area contributed by atoms with E-state index in [1.54, 1.807) is 43.3 Å². The number of nitrogens with zero attached hydrogens (tertiary/aromatic N) is 2. The van der Waals surface area contributed by atoms with Crippen LogP contribution >= 0.6 is 15.9 Å². The van der Waals surface area contributed by atoms with E-state index < -0.39 is 46.2 Å². The van der Waals surface area contributed by atoms with E-state index in [0.29, 0.717) is 22.4 Å². The molecule has 0 saturated heterocycles. The summed E-state index contributed by atoms with van der Waals surface area (Å²) >= 11 is 3.44. The fraction of sp³-hybridized carbons (Fsp3) is 0.278. The first-order chi connectivity index (χ1) is 22.7. The summed E-state index contributed by atoms with van der Waals surface area (Å²) < 4.78 is 71.1. The van der Waals surface area contributed by atoms with Crippen LogP contribution in [0.15, 0.2) is 112 Å². The summed E-state index contributed by atoms with van der Waals surface area (Å²) in [6.07, 6.45) is -4.03. The third-order valence-electron chi connectivity index (χ3n) is 7.86. The van der Waals surface area contributed by atoms with E-state index in [0.717, 1.165) is 27.7 Å². The lowest BCUT2D eigenvalue weighted by Gasteiger charge is -2.34. The molecule has 7 nitrogen and oxygen atoms in total. The SMILES string of the molecule is CC[C@H](C)NC(=O)[C@@H](Cc1ccccc1)N(Cc1cccc(Br)c1)C(=O)CN(c1cccc(C(F)(F)F)c1)S(=O)(=O)c1ccc(C)cc1. The van der Waals surface area contributed by atoms with E-state index >= 15 is 0 Å². The summed E-state index contributed by atoms with van der Waals surface area (Å²) in [5.41, 5.74) is 0.768. The molecular formula is C36H37BrF3N3O4S. The summed E-state index contributed by atoms with van der Waals surface area (Å²) in [5, 5.41) is 2.95. The number of nitrogens with one attached hydrogen (secondary N) is 1. The van der Waals surface area contributed by atoms with Crippen molar-refractivity contribution in [3.63, 3.8) is 0 Å². The van der Waals surface area contributed by atoms with E-state index in [9.17, 15) is 31.2 Å². The maximum atomic E-state index is 14.5. The number of aryl methyl sites for hydroxylation is 1. The largest absolute Gasteiger partial charge is 0.416 e. The van der Waals surface area contributed by atoms with E-state index in [-0.39, 0.29) is 29.6 Å². The van der Waals surface area contributed by atoms with Crippen LogP contribution in [-0.4, -0.2) is 43.8 Å². The lowest BCUT2D eigenvalue weighted by atomic mass is 10.0. The fourth-order valence-corrected chi connectivity index (χ4v) is 6.88. The quantitative estimate of drug-likeness (QED) is 0.154. The van der Waals surface area contributed by atoms with Gasteiger partial charge in [-0.1, -0.05) is 89.1 Å². The molecule has 4 aromatic rings. The second kappa shape index (κ2) is 15.8. The van der Waals surface area contributed by atoms with Gasteiger partial charge in [0.2, 0.25) is 11.8 Å². The number of carbonyl (C=O) groups excluding carboxylic acids is 2. The van der Waals surface area contributed by atoms with E-state index in [1.165, 1.54) is 23.1 Å². The van der Waals surface area contributed by atoms with Crippen molar-refractivity contribution in [3.05, 3.63) is 130 Å². The molecule has 0 fully saturated rings. The summed E-state index contributed by atoms with van der Waals surface area (Å²) in [7, 11) is -4.56. The first-order valence-corrected chi connectivity index (χ1v) is 17.6. The van der Waals surface area contributed by atoms with Crippen molar-refractivity contribution < 1.29 is 31.2 Å². The number of hydrogen-bond donors (Lipinski definition) is 1. The molecule has 0 unspecified atom stereocenters. The van der Waals surface area contributed by atoms with Crippen LogP contribution < -0.4 is 9.62 Å². The summed E-state index contributed by atoms with van der Waals surface area (Å²) in [6, 6.07) is 24.5. The highest BCUT2D eigenvalue weighted by molar-refractivity contribution is 9.10. The van der Waals surface area contributed by atoms with Gasteiger partial charge in [-0.05, 0) is 73.9 Å². The topological polar surface area (TPSA) is 86.8 Å². The molecule has 0 radical (unpaired) electrons. The molecule has 0 spiro atoms. The second-order valence-corrected chi connectivity index (χ2v) is 14.3. The van der Waals surface area contributed by atoms with Crippen LogP contribution in [0.5, 0.6) is 0 Å². The number of amides is 2. The number of benzene rings is 4. The van der Waals surface area contributed by atoms with Gasteiger partial charge >= 0.3 is 6.18 Å². The van der Waals surface area contributed by atoms with Crippen molar-refractivity contribution in [1.29, 1.82) is 0 Å². The van der Waals surface area contributed by atoms with Gasteiger partial charge in [0.1, 0.15) is 12.6 Å². The number of carbonyl (C=O) groups is 2. The third-order valence-corrected chi connectivity index (χ3v) is 10.1. The summed E-state index contributed by atoms with van der Waals surface area (Å²) in [6.45, 7) is 4.56. The molecule has 254 valence electrons. The number of halogens is 4. The molecule has 48 heavy (non-hydrogen) atoms. The van der Waals surface area contributed by atoms with Gasteiger partial charge in [-0.2, -0.15) is 13.2 Å². The molecule has 0 aliphatic carbocycles. The lowest BCUT2D eigenvalue weighted by molar-refractivity contribution is -0.140. The molecule has 0 aliphatic rings. The van der Waals surface area contributed by atoms with Gasteiger partial charge in [-0.15, -0.1) is 0 Å². The Morgan fingerprint density at radius 1 is 0.875 bits per heavy atom. The van der Waals surface area contributed by atoms with Crippen LogP contribution in [-0.2, 0) is 38.8 Å². The van der Waals surface area contributed by atoms with Crippen LogP contribution in [0.1, 0.15) is 42.5 Å². The fourth-order valence-electron chi connectivity index (χ4n) is 5.03. The predicted molar refractivity (Wildman–Crippen MR) is 184 cm³/mol. The van der Waals surface area contributed by atoms with E-state index in [1.807, 2.05) is 44.2 Å². The van der Waals surface area contributed by atoms with E-state index in [4.69, 9.17) is 0 Å². The van der Waals surface area contributed by atoms with Crippen molar-refractivity contribution >= 4 is 43.5 Å². The Labute approximate surface area is 287 Å². The highest BCUT2D eigenvalue weighted by Crippen LogP contribution is 2.33. The number of hydrogen-bond acceptors (Lipinski definition) is 4. The Hall–Kier alpha value is -4.16. The van der Waals surface area contributed by atoms with Crippen LogP contribution in [0.3, 0.4) is 0 Å². The van der Waals surface area contributed by atoms with Gasteiger partial charge in [0.05, 0.1) is 16.1 Å². The van der Waals surface area contributed by atoms with Gasteiger partial charge in [-0.3, -0.25) is 13.9 Å². The summed E-state index contributed by atoms with van der Waals surface area (Å²) in [4.78, 5) is 29.5. The average Bonchev–Trinajstić information content (AvgIpc) is 3.05. The molecule has 0 saturated carbocycles. The average molecular weight is 745 g/mol. The zero-order valence-corrected chi connectivity index (χ0v) is 29.1. The Kier molecular flexibility index (Phi) is 12.1. The minimum atomic E-state index is -4.76. The lowest BCUT2D eigenvalue weighted by Crippen LogP contribution is -2.54. The molecule has 12 heteroatoms. The zero-order chi connectivity index (χ0) is 35.1. The van der Waals surface area contributed by atoms with Gasteiger partial charge < -0.3 is 10.2 Å². The molecular weight excluding hydrogens is 707 g/mol. The highest BCUT2D eigenvalue weighted by atomic mass is 79.9. The zero-order valence-electron chi connectivity index (χ0n) is 26.7. The molecule has 4 rings (SSSR count). The summed E-state index contributed by atoms with van der Waals surface area (Å²) in [5.74, 6) is -1.22. The third kappa shape index (κ3) is 9.47. The molecule has 4 aromatic carbocycles. The van der Waals surface area contributed by atoms with Crippen molar-refractivity contribution in [2.24, 2.45) is 0 Å². The minimum absolute atomic E-state index is 0.0787. The Morgan fingerprint density at radius 3 is 2.15 bits per heavy atom. The van der Waals surface area contributed by atoms with Crippen molar-refractivity contribution in [1.82, 2.24) is 10.2 Å². The van der Waals surface area contributed by atoms with Gasteiger partial charge in [-0.25, -0.2) is 8.42 Å². The second-order valence-electron chi connectivity index (χ2n) is 11.5. The number of rotatable bonds is 13. The molecule has 0 aromatic heterocycles. The first-order valence-electron chi connectivity index (χ1n) is 15.3. The van der Waals surface area contributed by atoms with Crippen LogP contribution in [0.2, 0.25) is 0 Å². The molecule has 2 amide bonds. The van der Waals surface area contributed by atoms with E-state index in [2.05, 4.69) is 21.2 Å². The van der Waals surface area contributed by atoms with Crippen LogP contribution in [0.25, 0.3) is 0 Å². The maximum Gasteiger partial charge on any atom is 0.416 e. The van der Waals surface area contributed by atoms with Crippen molar-refractivity contribution in [2.45, 2.75) is 63.3 Å². The number of alkyl halides is 3. The molecule has 1 N–H and O–H groups in total. The molecule has 0 bridgehead atoms. The highest BCUT2D eigenvalue weighted by Gasteiger charge is 2.36. The molecule has 2 atom stereocenters. The van der Waals surface area contributed by atoms with Gasteiger partial charge in [0, 0.05) is 23.5 Å². The smallest absolute Gasteiger partial charge is 0.352 e. The standard InChI is InChI=1S/C36H37BrF3N3O4S/c1-4-26(3)41-35(45)33(21-27-10-6-5-7-11-27)42(23-28-12-8-14-30(37)20-28)34(44)24-43(31-15-9-13-29(22-31)36(38,39)40)48(46,47)32-18-16-25(2)17-19-32/h5-20,22,26,33H,4,21,23-24H2,1-3H3,(H,41,45)/t26-,33+/m0/s1. The first kappa shape index (κ1) is 36.7.